The summed E-state index contributed by atoms with van der Waals surface area (Å²) in [6, 6.07) is 9.44. The average Bonchev–Trinajstić information content (AvgIpc) is 2.66. The second-order valence-electron chi connectivity index (χ2n) is 6.50. The molecule has 3 rings (SSSR count). The maximum atomic E-state index is 13.4. The fourth-order valence-corrected chi connectivity index (χ4v) is 4.50. The Hall–Kier alpha value is -2.32. The highest BCUT2D eigenvalue weighted by Gasteiger charge is 2.30. The largest absolute Gasteiger partial charge is 0.340 e. The van der Waals surface area contributed by atoms with Gasteiger partial charge in [-0.25, -0.2) is 17.2 Å². The van der Waals surface area contributed by atoms with Crippen LogP contribution in [0.15, 0.2) is 47.4 Å². The van der Waals surface area contributed by atoms with E-state index in [2.05, 4.69) is 0 Å². The molecule has 5 nitrogen and oxygen atoms in total. The maximum absolute atomic E-state index is 13.4. The molecule has 1 heterocycles. The predicted octanol–water partition coefficient (Wildman–Crippen LogP) is 2.35. The molecule has 1 amide bonds. The molecule has 0 radical (unpaired) electrons. The molecule has 1 saturated heterocycles. The average molecular weight is 394 g/mol. The first-order valence-electron chi connectivity index (χ1n) is 8.56. The van der Waals surface area contributed by atoms with Gasteiger partial charge in [0.2, 0.25) is 15.9 Å². The van der Waals surface area contributed by atoms with Gasteiger partial charge in [0.15, 0.2) is 0 Å². The van der Waals surface area contributed by atoms with E-state index in [0.717, 1.165) is 6.07 Å². The van der Waals surface area contributed by atoms with Gasteiger partial charge >= 0.3 is 0 Å². The number of nitrogens with zero attached hydrogens (tertiary/aromatic N) is 2. The van der Waals surface area contributed by atoms with Gasteiger partial charge in [-0.1, -0.05) is 12.1 Å². The summed E-state index contributed by atoms with van der Waals surface area (Å²) in [6.45, 7) is 2.42. The number of benzene rings is 2. The van der Waals surface area contributed by atoms with E-state index in [1.165, 1.54) is 35.5 Å². The van der Waals surface area contributed by atoms with Crippen LogP contribution in [-0.4, -0.2) is 49.7 Å². The number of amides is 1. The molecule has 0 saturated carbocycles. The van der Waals surface area contributed by atoms with Crippen LogP contribution in [0.4, 0.5) is 8.78 Å². The van der Waals surface area contributed by atoms with Crippen molar-refractivity contribution in [3.63, 3.8) is 0 Å². The number of hydrogen-bond acceptors (Lipinski definition) is 3. The summed E-state index contributed by atoms with van der Waals surface area (Å²) >= 11 is 0. The third kappa shape index (κ3) is 4.33. The van der Waals surface area contributed by atoms with Crippen LogP contribution in [0.1, 0.15) is 11.1 Å². The normalized spacial score (nSPS) is 15.7. The highest BCUT2D eigenvalue weighted by atomic mass is 32.2. The number of piperazine rings is 1. The highest BCUT2D eigenvalue weighted by molar-refractivity contribution is 7.89. The van der Waals surface area contributed by atoms with Crippen LogP contribution in [0.3, 0.4) is 0 Å². The summed E-state index contributed by atoms with van der Waals surface area (Å²) in [5.74, 6) is -0.942. The Labute approximate surface area is 157 Å². The lowest BCUT2D eigenvalue weighted by atomic mass is 10.1. The molecule has 0 unspecified atom stereocenters. The molecule has 27 heavy (non-hydrogen) atoms. The van der Waals surface area contributed by atoms with Crippen molar-refractivity contribution in [2.45, 2.75) is 18.2 Å². The molecule has 1 fully saturated rings. The topological polar surface area (TPSA) is 57.7 Å². The van der Waals surface area contributed by atoms with Crippen LogP contribution in [0, 0.1) is 18.6 Å². The van der Waals surface area contributed by atoms with E-state index >= 15 is 0 Å². The molecule has 8 heteroatoms. The van der Waals surface area contributed by atoms with Gasteiger partial charge in [-0.15, -0.1) is 0 Å². The van der Waals surface area contributed by atoms with Crippen molar-refractivity contribution in [3.8, 4) is 0 Å². The molecule has 0 bridgehead atoms. The van der Waals surface area contributed by atoms with Crippen LogP contribution in [0.2, 0.25) is 0 Å². The number of aryl methyl sites for hydroxylation is 1. The second-order valence-corrected chi connectivity index (χ2v) is 8.44. The van der Waals surface area contributed by atoms with Crippen LogP contribution in [0.5, 0.6) is 0 Å². The third-order valence-corrected chi connectivity index (χ3v) is 6.52. The first-order valence-corrected chi connectivity index (χ1v) is 10.00. The first kappa shape index (κ1) is 19.4. The van der Waals surface area contributed by atoms with Gasteiger partial charge in [-0.3, -0.25) is 4.79 Å². The smallest absolute Gasteiger partial charge is 0.243 e. The van der Waals surface area contributed by atoms with E-state index in [1.54, 1.807) is 17.0 Å². The molecule has 1 aliphatic heterocycles. The van der Waals surface area contributed by atoms with E-state index in [1.807, 2.05) is 0 Å². The van der Waals surface area contributed by atoms with E-state index in [9.17, 15) is 22.0 Å². The Morgan fingerprint density at radius 1 is 1.00 bits per heavy atom. The summed E-state index contributed by atoms with van der Waals surface area (Å²) in [4.78, 5) is 14.0. The Morgan fingerprint density at radius 3 is 2.22 bits per heavy atom. The number of sulfonamides is 1. The van der Waals surface area contributed by atoms with Crippen LogP contribution in [0.25, 0.3) is 0 Å². The zero-order valence-corrected chi connectivity index (χ0v) is 15.7. The lowest BCUT2D eigenvalue weighted by Gasteiger charge is -2.34. The predicted molar refractivity (Wildman–Crippen MR) is 96.6 cm³/mol. The fraction of sp³-hybridized carbons (Fsp3) is 0.316. The Kier molecular flexibility index (Phi) is 5.57. The van der Waals surface area contributed by atoms with Crippen LogP contribution >= 0.6 is 0 Å². The number of carbonyl (C=O) groups is 1. The summed E-state index contributed by atoms with van der Waals surface area (Å²) in [7, 11) is -3.73. The molecule has 0 N–H and O–H groups in total. The lowest BCUT2D eigenvalue weighted by Crippen LogP contribution is -2.50. The first-order chi connectivity index (χ1) is 12.8. The van der Waals surface area contributed by atoms with Crippen molar-refractivity contribution in [2.24, 2.45) is 0 Å². The zero-order chi connectivity index (χ0) is 19.6. The Balaban J connectivity index is 1.63. The van der Waals surface area contributed by atoms with Crippen molar-refractivity contribution in [1.29, 1.82) is 0 Å². The van der Waals surface area contributed by atoms with Crippen molar-refractivity contribution in [3.05, 3.63) is 65.2 Å². The monoisotopic (exact) mass is 394 g/mol. The van der Waals surface area contributed by atoms with Crippen LogP contribution in [-0.2, 0) is 21.2 Å². The van der Waals surface area contributed by atoms with E-state index in [0.29, 0.717) is 5.56 Å². The number of halogens is 2. The van der Waals surface area contributed by atoms with Gasteiger partial charge in [-0.05, 0) is 48.4 Å². The fourth-order valence-electron chi connectivity index (χ4n) is 2.99. The minimum atomic E-state index is -3.73. The molecule has 0 atom stereocenters. The molecule has 2 aromatic carbocycles. The third-order valence-electron chi connectivity index (χ3n) is 4.63. The molecular weight excluding hydrogens is 374 g/mol. The molecule has 0 spiro atoms. The summed E-state index contributed by atoms with van der Waals surface area (Å²) < 4.78 is 53.1. The number of carbonyl (C=O) groups excluding carboxylic acids is 1. The zero-order valence-electron chi connectivity index (χ0n) is 14.9. The molecule has 144 valence electrons. The molecule has 2 aromatic rings. The Morgan fingerprint density at radius 2 is 1.63 bits per heavy atom. The number of hydrogen-bond donors (Lipinski definition) is 0. The summed E-state index contributed by atoms with van der Waals surface area (Å²) in [6.07, 6.45) is 0.143. The second kappa shape index (κ2) is 7.74. The van der Waals surface area contributed by atoms with Crippen molar-refractivity contribution in [2.75, 3.05) is 26.2 Å². The number of rotatable bonds is 4. The van der Waals surface area contributed by atoms with Crippen molar-refractivity contribution >= 4 is 15.9 Å². The van der Waals surface area contributed by atoms with Gasteiger partial charge in [0.25, 0.3) is 0 Å². The van der Waals surface area contributed by atoms with Crippen molar-refractivity contribution in [1.82, 2.24) is 9.21 Å². The highest BCUT2D eigenvalue weighted by Crippen LogP contribution is 2.20. The van der Waals surface area contributed by atoms with E-state index in [4.69, 9.17) is 0 Å². The van der Waals surface area contributed by atoms with E-state index in [-0.39, 0.29) is 54.8 Å². The maximum Gasteiger partial charge on any atom is 0.243 e. The van der Waals surface area contributed by atoms with Gasteiger partial charge in [0.05, 0.1) is 11.3 Å². The summed E-state index contributed by atoms with van der Waals surface area (Å²) in [5, 5.41) is 0. The molecule has 1 aliphatic rings. The minimum Gasteiger partial charge on any atom is -0.340 e. The van der Waals surface area contributed by atoms with Crippen molar-refractivity contribution < 1.29 is 22.0 Å². The van der Waals surface area contributed by atoms with Gasteiger partial charge < -0.3 is 4.90 Å². The van der Waals surface area contributed by atoms with Crippen LogP contribution < -0.4 is 0 Å². The SMILES string of the molecule is Cc1cc(S(=O)(=O)N2CCN(C(=O)Cc3ccc(F)cc3)CC2)ccc1F. The lowest BCUT2D eigenvalue weighted by molar-refractivity contribution is -0.131. The Bertz CT molecular complexity index is 938. The van der Waals surface area contributed by atoms with E-state index < -0.39 is 15.8 Å². The van der Waals surface area contributed by atoms with Gasteiger partial charge in [0, 0.05) is 26.2 Å². The van der Waals surface area contributed by atoms with Gasteiger partial charge in [0.1, 0.15) is 11.6 Å². The molecule has 0 aromatic heterocycles. The minimum absolute atomic E-state index is 0.0486. The standard InChI is InChI=1S/C19H20F2N2O3S/c1-14-12-17(6-7-18(14)21)27(25,26)23-10-8-22(9-11-23)19(24)13-15-2-4-16(20)5-3-15/h2-7,12H,8-11,13H2,1H3. The quantitative estimate of drug-likeness (QED) is 0.800. The van der Waals surface area contributed by atoms with Gasteiger partial charge in [-0.2, -0.15) is 4.31 Å². The molecular formula is C19H20F2N2O3S. The summed E-state index contributed by atoms with van der Waals surface area (Å²) in [5.41, 5.74) is 0.974. The molecule has 0 aliphatic carbocycles.